The standard InChI is InChI=1S/C29H29F2N3OS/c1-2-18-13-14-19(22-10-7-15-33-28(22)31)16-20(18)17-34(21-8-4-3-5-9-21)29(35)27-26(32)25-23(30)11-6-12-24(25)36-27/h6-7,10-16,21H,2-5,8-9,17,32H2,1H3. The third-order valence-corrected chi connectivity index (χ3v) is 8.33. The van der Waals surface area contributed by atoms with Gasteiger partial charge in [0.25, 0.3) is 5.91 Å². The fraction of sp³-hybridized carbons (Fsp3) is 0.310. The van der Waals surface area contributed by atoms with E-state index in [0.717, 1.165) is 55.2 Å². The number of benzene rings is 2. The molecule has 1 aliphatic rings. The summed E-state index contributed by atoms with van der Waals surface area (Å²) in [5.74, 6) is -1.10. The number of nitrogen functional groups attached to an aromatic ring is 1. The summed E-state index contributed by atoms with van der Waals surface area (Å²) in [6, 6.07) is 14.2. The Hall–Kier alpha value is -3.32. The fourth-order valence-electron chi connectivity index (χ4n) is 5.25. The molecule has 0 unspecified atom stereocenters. The molecule has 36 heavy (non-hydrogen) atoms. The number of hydrogen-bond acceptors (Lipinski definition) is 4. The minimum Gasteiger partial charge on any atom is -0.397 e. The third kappa shape index (κ3) is 4.60. The number of nitrogens with zero attached hydrogens (tertiary/aromatic N) is 2. The van der Waals surface area contributed by atoms with Crippen LogP contribution in [0.5, 0.6) is 0 Å². The number of carbonyl (C=O) groups excluding carboxylic acids is 1. The van der Waals surface area contributed by atoms with E-state index in [4.69, 9.17) is 5.73 Å². The zero-order chi connectivity index (χ0) is 25.2. The van der Waals surface area contributed by atoms with Crippen molar-refractivity contribution in [3.05, 3.63) is 82.5 Å². The van der Waals surface area contributed by atoms with Gasteiger partial charge in [-0.05, 0) is 66.3 Å². The van der Waals surface area contributed by atoms with Crippen LogP contribution >= 0.6 is 11.3 Å². The number of fused-ring (bicyclic) bond motifs is 1. The Morgan fingerprint density at radius 2 is 1.89 bits per heavy atom. The summed E-state index contributed by atoms with van der Waals surface area (Å²) in [5, 5.41) is 0.317. The fourth-order valence-corrected chi connectivity index (χ4v) is 6.34. The number of aromatic nitrogens is 1. The van der Waals surface area contributed by atoms with Crippen LogP contribution in [-0.2, 0) is 13.0 Å². The topological polar surface area (TPSA) is 59.2 Å². The van der Waals surface area contributed by atoms with E-state index in [-0.39, 0.29) is 17.6 Å². The largest absolute Gasteiger partial charge is 0.397 e. The Labute approximate surface area is 213 Å². The quantitative estimate of drug-likeness (QED) is 0.279. The number of carbonyl (C=O) groups is 1. The van der Waals surface area contributed by atoms with Crippen molar-refractivity contribution < 1.29 is 13.6 Å². The molecule has 0 aliphatic heterocycles. The number of pyridine rings is 1. The van der Waals surface area contributed by atoms with Crippen molar-refractivity contribution in [1.29, 1.82) is 0 Å². The highest BCUT2D eigenvalue weighted by molar-refractivity contribution is 7.21. The molecule has 0 spiro atoms. The molecule has 0 radical (unpaired) electrons. The molecular weight excluding hydrogens is 476 g/mol. The first-order valence-corrected chi connectivity index (χ1v) is 13.3. The van der Waals surface area contributed by atoms with Crippen LogP contribution in [0.25, 0.3) is 21.2 Å². The van der Waals surface area contributed by atoms with E-state index in [9.17, 15) is 13.6 Å². The Kier molecular flexibility index (Phi) is 7.01. The molecule has 1 saturated carbocycles. The van der Waals surface area contributed by atoms with Crippen molar-refractivity contribution in [2.24, 2.45) is 0 Å². The van der Waals surface area contributed by atoms with E-state index in [0.29, 0.717) is 27.1 Å². The van der Waals surface area contributed by atoms with Gasteiger partial charge in [-0.15, -0.1) is 11.3 Å². The molecule has 2 heterocycles. The van der Waals surface area contributed by atoms with Crippen LogP contribution in [0.2, 0.25) is 0 Å². The number of thiophene rings is 1. The lowest BCUT2D eigenvalue weighted by molar-refractivity contribution is 0.0620. The maximum atomic E-state index is 14.5. The lowest BCUT2D eigenvalue weighted by Gasteiger charge is -2.35. The van der Waals surface area contributed by atoms with Gasteiger partial charge >= 0.3 is 0 Å². The van der Waals surface area contributed by atoms with Crippen molar-refractivity contribution >= 4 is 33.0 Å². The highest BCUT2D eigenvalue weighted by Gasteiger charge is 2.30. The van der Waals surface area contributed by atoms with Crippen LogP contribution in [0.4, 0.5) is 14.5 Å². The molecule has 0 atom stereocenters. The first kappa shape index (κ1) is 24.4. The average molecular weight is 506 g/mol. The monoisotopic (exact) mass is 505 g/mol. The Bertz CT molecular complexity index is 1410. The summed E-state index contributed by atoms with van der Waals surface area (Å²) in [7, 11) is 0. The summed E-state index contributed by atoms with van der Waals surface area (Å²) in [5.41, 5.74) is 9.80. The Morgan fingerprint density at radius 1 is 1.08 bits per heavy atom. The maximum absolute atomic E-state index is 14.5. The summed E-state index contributed by atoms with van der Waals surface area (Å²) >= 11 is 1.25. The zero-order valence-electron chi connectivity index (χ0n) is 20.3. The first-order valence-electron chi connectivity index (χ1n) is 12.5. The van der Waals surface area contributed by atoms with Gasteiger partial charge in [0.05, 0.1) is 11.1 Å². The van der Waals surface area contributed by atoms with Crippen LogP contribution in [0.3, 0.4) is 0 Å². The molecule has 1 fully saturated rings. The van der Waals surface area contributed by atoms with E-state index in [1.54, 1.807) is 24.3 Å². The maximum Gasteiger partial charge on any atom is 0.266 e. The van der Waals surface area contributed by atoms with E-state index in [2.05, 4.69) is 11.9 Å². The smallest absolute Gasteiger partial charge is 0.266 e. The highest BCUT2D eigenvalue weighted by atomic mass is 32.1. The molecule has 1 aliphatic carbocycles. The van der Waals surface area contributed by atoms with Crippen LogP contribution in [0, 0.1) is 11.8 Å². The number of amides is 1. The lowest BCUT2D eigenvalue weighted by Crippen LogP contribution is -2.41. The second kappa shape index (κ2) is 10.3. The second-order valence-corrected chi connectivity index (χ2v) is 10.4. The number of rotatable bonds is 6. The number of aryl methyl sites for hydroxylation is 1. The molecule has 4 aromatic rings. The molecule has 5 rings (SSSR count). The summed E-state index contributed by atoms with van der Waals surface area (Å²) < 4.78 is 29.7. The van der Waals surface area contributed by atoms with Crippen molar-refractivity contribution in [3.63, 3.8) is 0 Å². The van der Waals surface area contributed by atoms with Crippen molar-refractivity contribution in [1.82, 2.24) is 9.88 Å². The van der Waals surface area contributed by atoms with Gasteiger partial charge in [-0.2, -0.15) is 4.39 Å². The van der Waals surface area contributed by atoms with Gasteiger partial charge in [0.1, 0.15) is 10.7 Å². The highest BCUT2D eigenvalue weighted by Crippen LogP contribution is 2.38. The summed E-state index contributed by atoms with van der Waals surface area (Å²) in [4.78, 5) is 20.1. The number of halogens is 2. The van der Waals surface area contributed by atoms with Crippen molar-refractivity contribution in [2.75, 3.05) is 5.73 Å². The van der Waals surface area contributed by atoms with Crippen LogP contribution in [-0.4, -0.2) is 21.8 Å². The van der Waals surface area contributed by atoms with Gasteiger partial charge in [-0.1, -0.05) is 44.4 Å². The lowest BCUT2D eigenvalue weighted by atomic mass is 9.92. The van der Waals surface area contributed by atoms with Crippen LogP contribution < -0.4 is 5.73 Å². The second-order valence-electron chi connectivity index (χ2n) is 9.36. The van der Waals surface area contributed by atoms with E-state index >= 15 is 0 Å². The summed E-state index contributed by atoms with van der Waals surface area (Å²) in [6.45, 7) is 2.46. The molecule has 1 amide bonds. The minimum absolute atomic E-state index is 0.0733. The Morgan fingerprint density at radius 3 is 2.61 bits per heavy atom. The average Bonchev–Trinajstić information content (AvgIpc) is 3.25. The van der Waals surface area contributed by atoms with E-state index in [1.165, 1.54) is 23.6 Å². The van der Waals surface area contributed by atoms with Gasteiger partial charge in [0.2, 0.25) is 5.95 Å². The van der Waals surface area contributed by atoms with Crippen molar-refractivity contribution in [2.45, 2.75) is 58.0 Å². The Balaban J connectivity index is 1.56. The van der Waals surface area contributed by atoms with Gasteiger partial charge in [-0.3, -0.25) is 4.79 Å². The SMILES string of the molecule is CCc1ccc(-c2cccnc2F)cc1CN(C(=O)c1sc2cccc(F)c2c1N)C1CCCCC1. The summed E-state index contributed by atoms with van der Waals surface area (Å²) in [6.07, 6.45) is 7.34. The van der Waals surface area contributed by atoms with Crippen LogP contribution in [0.1, 0.15) is 59.8 Å². The number of anilines is 1. The zero-order valence-corrected chi connectivity index (χ0v) is 21.1. The minimum atomic E-state index is -0.520. The predicted octanol–water partition coefficient (Wildman–Crippen LogP) is 7.36. The van der Waals surface area contributed by atoms with E-state index in [1.807, 2.05) is 23.1 Å². The molecule has 186 valence electrons. The number of hydrogen-bond donors (Lipinski definition) is 1. The third-order valence-electron chi connectivity index (χ3n) is 7.17. The predicted molar refractivity (Wildman–Crippen MR) is 142 cm³/mol. The molecule has 2 aromatic carbocycles. The molecular formula is C29H29F2N3OS. The van der Waals surface area contributed by atoms with Crippen molar-refractivity contribution in [3.8, 4) is 11.1 Å². The van der Waals surface area contributed by atoms with Crippen LogP contribution in [0.15, 0.2) is 54.7 Å². The first-order chi connectivity index (χ1) is 17.5. The van der Waals surface area contributed by atoms with Gasteiger partial charge in [0.15, 0.2) is 0 Å². The molecule has 7 heteroatoms. The molecule has 4 nitrogen and oxygen atoms in total. The molecule has 2 aromatic heterocycles. The molecule has 0 bridgehead atoms. The normalized spacial score (nSPS) is 14.3. The van der Waals surface area contributed by atoms with E-state index < -0.39 is 11.8 Å². The van der Waals surface area contributed by atoms with Gasteiger partial charge in [0, 0.05) is 29.0 Å². The molecule has 2 N–H and O–H groups in total. The number of nitrogens with two attached hydrogens (primary N) is 1. The van der Waals surface area contributed by atoms with Gasteiger partial charge < -0.3 is 10.6 Å². The van der Waals surface area contributed by atoms with Gasteiger partial charge in [-0.25, -0.2) is 9.37 Å². The molecule has 0 saturated heterocycles.